The highest BCUT2D eigenvalue weighted by Crippen LogP contribution is 2.31. The van der Waals surface area contributed by atoms with Gasteiger partial charge in [-0.15, -0.1) is 0 Å². The van der Waals surface area contributed by atoms with E-state index in [9.17, 15) is 4.79 Å². The van der Waals surface area contributed by atoms with Crippen molar-refractivity contribution in [2.24, 2.45) is 0 Å². The number of carbonyl (C=O) groups is 1. The fourth-order valence-electron chi connectivity index (χ4n) is 2.44. The molecule has 0 bridgehead atoms. The third-order valence-corrected chi connectivity index (χ3v) is 3.99. The third kappa shape index (κ3) is 2.99. The van der Waals surface area contributed by atoms with Gasteiger partial charge < -0.3 is 4.74 Å². The quantitative estimate of drug-likeness (QED) is 0.759. The number of benzene rings is 2. The van der Waals surface area contributed by atoms with Gasteiger partial charge >= 0.3 is 0 Å². The number of rotatable bonds is 5. The van der Waals surface area contributed by atoms with Crippen LogP contribution in [0.2, 0.25) is 0 Å². The van der Waals surface area contributed by atoms with Gasteiger partial charge in [0.25, 0.3) is 0 Å². The Morgan fingerprint density at radius 3 is 2.43 bits per heavy atom. The maximum absolute atomic E-state index is 12.9. The molecule has 108 valence electrons. The molecule has 0 unspecified atom stereocenters. The van der Waals surface area contributed by atoms with Crippen molar-refractivity contribution in [3.63, 3.8) is 0 Å². The van der Waals surface area contributed by atoms with Gasteiger partial charge in [0.2, 0.25) is 0 Å². The van der Waals surface area contributed by atoms with E-state index < -0.39 is 5.41 Å². The Hall–Kier alpha value is -2.09. The summed E-state index contributed by atoms with van der Waals surface area (Å²) in [5.41, 5.74) is 1.20. The molecule has 2 aromatic rings. The van der Waals surface area contributed by atoms with Gasteiger partial charge in [0.05, 0.1) is 11.5 Å². The van der Waals surface area contributed by atoms with E-state index in [0.717, 1.165) is 24.2 Å². The molecule has 1 fully saturated rings. The molecule has 1 aliphatic rings. The summed E-state index contributed by atoms with van der Waals surface area (Å²) in [6, 6.07) is 17.5. The van der Waals surface area contributed by atoms with Crippen LogP contribution < -0.4 is 4.74 Å². The Kier molecular flexibility index (Phi) is 3.54. The Morgan fingerprint density at radius 2 is 1.76 bits per heavy atom. The van der Waals surface area contributed by atoms with Crippen molar-refractivity contribution in [2.45, 2.75) is 38.2 Å². The van der Waals surface area contributed by atoms with E-state index in [1.165, 1.54) is 0 Å². The first-order chi connectivity index (χ1) is 10.1. The average molecular weight is 280 g/mol. The number of ether oxygens (including phenoxy) is 1. The standard InChI is InChI=1S/C19H20O2/c1-19(2,15-8-4-3-5-9-15)18(20)14-7-6-10-17(13-14)21-16-11-12-16/h3-10,13,16H,11-12H2,1-2H3. The van der Waals surface area contributed by atoms with Crippen molar-refractivity contribution < 1.29 is 9.53 Å². The van der Waals surface area contributed by atoms with Crippen molar-refractivity contribution in [2.75, 3.05) is 0 Å². The molecule has 0 amide bonds. The van der Waals surface area contributed by atoms with Crippen LogP contribution in [-0.4, -0.2) is 11.9 Å². The molecule has 21 heavy (non-hydrogen) atoms. The normalized spacial score (nSPS) is 14.8. The zero-order valence-electron chi connectivity index (χ0n) is 12.5. The summed E-state index contributed by atoms with van der Waals surface area (Å²) in [5, 5.41) is 0. The van der Waals surface area contributed by atoms with Crippen molar-refractivity contribution in [1.29, 1.82) is 0 Å². The van der Waals surface area contributed by atoms with E-state index in [2.05, 4.69) is 0 Å². The summed E-state index contributed by atoms with van der Waals surface area (Å²) in [5.74, 6) is 0.919. The number of hydrogen-bond acceptors (Lipinski definition) is 2. The maximum Gasteiger partial charge on any atom is 0.172 e. The summed E-state index contributed by atoms with van der Waals surface area (Å²) in [7, 11) is 0. The van der Waals surface area contributed by atoms with Gasteiger partial charge in [-0.25, -0.2) is 0 Å². The number of Topliss-reactive ketones (excluding diaryl/α,β-unsaturated/α-hetero) is 1. The minimum Gasteiger partial charge on any atom is -0.490 e. The maximum atomic E-state index is 12.9. The van der Waals surface area contributed by atoms with Gasteiger partial charge in [-0.2, -0.15) is 0 Å². The van der Waals surface area contributed by atoms with Crippen LogP contribution in [-0.2, 0) is 5.41 Å². The van der Waals surface area contributed by atoms with Crippen molar-refractivity contribution >= 4 is 5.78 Å². The lowest BCUT2D eigenvalue weighted by Gasteiger charge is -2.24. The molecule has 0 aliphatic heterocycles. The molecular formula is C19H20O2. The molecule has 1 saturated carbocycles. The van der Waals surface area contributed by atoms with E-state index >= 15 is 0 Å². The lowest BCUT2D eigenvalue weighted by molar-refractivity contribution is 0.0908. The van der Waals surface area contributed by atoms with Crippen LogP contribution in [0.4, 0.5) is 0 Å². The molecular weight excluding hydrogens is 260 g/mol. The second kappa shape index (κ2) is 5.36. The molecule has 2 aromatic carbocycles. The van der Waals surface area contributed by atoms with Crippen LogP contribution in [0.3, 0.4) is 0 Å². The summed E-state index contributed by atoms with van der Waals surface area (Å²) in [4.78, 5) is 12.9. The molecule has 2 heteroatoms. The van der Waals surface area contributed by atoms with Crippen LogP contribution in [0.5, 0.6) is 5.75 Å². The van der Waals surface area contributed by atoms with Gasteiger partial charge in [-0.1, -0.05) is 42.5 Å². The summed E-state index contributed by atoms with van der Waals surface area (Å²) < 4.78 is 5.78. The zero-order chi connectivity index (χ0) is 14.9. The van der Waals surface area contributed by atoms with Crippen LogP contribution in [0, 0.1) is 0 Å². The average Bonchev–Trinajstić information content (AvgIpc) is 3.31. The predicted molar refractivity (Wildman–Crippen MR) is 83.9 cm³/mol. The first kappa shape index (κ1) is 13.9. The van der Waals surface area contributed by atoms with E-state index in [-0.39, 0.29) is 5.78 Å². The second-order valence-electron chi connectivity index (χ2n) is 6.17. The minimum atomic E-state index is -0.542. The van der Waals surface area contributed by atoms with Gasteiger partial charge in [-0.3, -0.25) is 4.79 Å². The van der Waals surface area contributed by atoms with Crippen molar-refractivity contribution in [3.05, 3.63) is 65.7 Å². The molecule has 0 spiro atoms. The zero-order valence-corrected chi connectivity index (χ0v) is 12.5. The highest BCUT2D eigenvalue weighted by molar-refractivity contribution is 6.03. The molecule has 1 aliphatic carbocycles. The topological polar surface area (TPSA) is 26.3 Å². The fraction of sp³-hybridized carbons (Fsp3) is 0.316. The number of carbonyl (C=O) groups excluding carboxylic acids is 1. The SMILES string of the molecule is CC(C)(C(=O)c1cccc(OC2CC2)c1)c1ccccc1. The molecule has 0 aromatic heterocycles. The largest absolute Gasteiger partial charge is 0.490 e. The summed E-state index contributed by atoms with van der Waals surface area (Å²) in [6.07, 6.45) is 2.58. The fourth-order valence-corrected chi connectivity index (χ4v) is 2.44. The summed E-state index contributed by atoms with van der Waals surface area (Å²) in [6.45, 7) is 3.94. The van der Waals surface area contributed by atoms with E-state index in [4.69, 9.17) is 4.74 Å². The molecule has 2 nitrogen and oxygen atoms in total. The van der Waals surface area contributed by atoms with Crippen LogP contribution in [0.25, 0.3) is 0 Å². The molecule has 0 N–H and O–H groups in total. The first-order valence-corrected chi connectivity index (χ1v) is 7.44. The highest BCUT2D eigenvalue weighted by atomic mass is 16.5. The Labute approximate surface area is 125 Å². The van der Waals surface area contributed by atoms with Gasteiger partial charge in [0.1, 0.15) is 5.75 Å². The Bertz CT molecular complexity index is 640. The molecule has 0 saturated heterocycles. The lowest BCUT2D eigenvalue weighted by Crippen LogP contribution is -2.29. The Morgan fingerprint density at radius 1 is 1.05 bits per heavy atom. The second-order valence-corrected chi connectivity index (χ2v) is 6.17. The third-order valence-electron chi connectivity index (χ3n) is 3.99. The van der Waals surface area contributed by atoms with Gasteiger partial charge in [0.15, 0.2) is 5.78 Å². The Balaban J connectivity index is 1.87. The van der Waals surface area contributed by atoms with E-state index in [1.807, 2.05) is 68.4 Å². The number of hydrogen-bond donors (Lipinski definition) is 0. The predicted octanol–water partition coefficient (Wildman–Crippen LogP) is 4.39. The van der Waals surface area contributed by atoms with Crippen LogP contribution in [0.1, 0.15) is 42.6 Å². The van der Waals surface area contributed by atoms with Crippen molar-refractivity contribution in [1.82, 2.24) is 0 Å². The van der Waals surface area contributed by atoms with Gasteiger partial charge in [-0.05, 0) is 44.4 Å². The van der Waals surface area contributed by atoms with Gasteiger partial charge in [0, 0.05) is 5.56 Å². The van der Waals surface area contributed by atoms with E-state index in [1.54, 1.807) is 0 Å². The highest BCUT2D eigenvalue weighted by Gasteiger charge is 2.31. The number of ketones is 1. The first-order valence-electron chi connectivity index (χ1n) is 7.44. The molecule has 0 radical (unpaired) electrons. The molecule has 0 atom stereocenters. The summed E-state index contributed by atoms with van der Waals surface area (Å²) >= 11 is 0. The van der Waals surface area contributed by atoms with E-state index in [0.29, 0.717) is 11.7 Å². The van der Waals surface area contributed by atoms with Crippen LogP contribution >= 0.6 is 0 Å². The minimum absolute atomic E-state index is 0.120. The lowest BCUT2D eigenvalue weighted by atomic mass is 9.78. The molecule has 0 heterocycles. The smallest absolute Gasteiger partial charge is 0.172 e. The molecule has 3 rings (SSSR count). The van der Waals surface area contributed by atoms with Crippen molar-refractivity contribution in [3.8, 4) is 5.75 Å². The monoisotopic (exact) mass is 280 g/mol. The van der Waals surface area contributed by atoms with Crippen LogP contribution in [0.15, 0.2) is 54.6 Å².